The molecule has 0 saturated carbocycles. The molecular weight excluding hydrogens is 168 g/mol. The second-order valence-corrected chi connectivity index (χ2v) is 3.40. The molecule has 0 amide bonds. The van der Waals surface area contributed by atoms with Gasteiger partial charge in [-0.3, -0.25) is 0 Å². The molecule has 1 radical (unpaired) electrons. The van der Waals surface area contributed by atoms with Crippen LogP contribution in [-0.4, -0.2) is 9.55 Å². The molecule has 2 aromatic rings. The smallest absolute Gasteiger partial charge is 0.108 e. The fraction of sp³-hybridized carbons (Fsp3) is 0.222. The van der Waals surface area contributed by atoms with Gasteiger partial charge in [-0.1, -0.05) is 0 Å². The highest BCUT2D eigenvalue weighted by atomic mass is 32.1. The molecule has 0 aliphatic heterocycles. The van der Waals surface area contributed by atoms with Crippen LogP contribution in [0.15, 0.2) is 29.4 Å². The molecule has 0 bridgehead atoms. The quantitative estimate of drug-likeness (QED) is 0.701. The number of rotatable bonds is 3. The average Bonchev–Trinajstić information content (AvgIpc) is 2.74. The summed E-state index contributed by atoms with van der Waals surface area (Å²) in [6.45, 7) is 0.993. The van der Waals surface area contributed by atoms with E-state index in [9.17, 15) is 0 Å². The Kier molecular flexibility index (Phi) is 2.23. The lowest BCUT2D eigenvalue weighted by atomic mass is 10.2. The second-order valence-electron chi connectivity index (χ2n) is 2.62. The normalized spacial score (nSPS) is 10.3. The van der Waals surface area contributed by atoms with Crippen molar-refractivity contribution in [1.29, 1.82) is 0 Å². The molecule has 0 aliphatic rings. The molecule has 0 aromatic carbocycles. The zero-order valence-electron chi connectivity index (χ0n) is 6.60. The standard InChI is InChI=1S/C9H9N2S/c1(9-2-6-12-7-9)4-11-5-3-10-8-11/h2,5-8H,1,4H2. The monoisotopic (exact) mass is 177 g/mol. The van der Waals surface area contributed by atoms with Crippen molar-refractivity contribution in [3.8, 4) is 0 Å². The van der Waals surface area contributed by atoms with Crippen molar-refractivity contribution in [3.63, 3.8) is 0 Å². The summed E-state index contributed by atoms with van der Waals surface area (Å²) in [6, 6.07) is 2.16. The average molecular weight is 177 g/mol. The molecule has 0 aliphatic carbocycles. The topological polar surface area (TPSA) is 17.8 Å². The van der Waals surface area contributed by atoms with Gasteiger partial charge in [0.15, 0.2) is 0 Å². The molecule has 0 fully saturated rings. The van der Waals surface area contributed by atoms with Crippen LogP contribution in [0.1, 0.15) is 5.56 Å². The van der Waals surface area contributed by atoms with Gasteiger partial charge in [0.2, 0.25) is 0 Å². The van der Waals surface area contributed by atoms with Crippen molar-refractivity contribution >= 4 is 11.3 Å². The predicted molar refractivity (Wildman–Crippen MR) is 49.1 cm³/mol. The van der Waals surface area contributed by atoms with Gasteiger partial charge in [-0.25, -0.2) is 4.98 Å². The minimum Gasteiger partial charge on any atom is -0.336 e. The third kappa shape index (κ3) is 1.74. The van der Waals surface area contributed by atoms with Crippen molar-refractivity contribution < 1.29 is 0 Å². The van der Waals surface area contributed by atoms with Gasteiger partial charge in [-0.05, 0) is 28.8 Å². The maximum atomic E-state index is 3.86. The Labute approximate surface area is 75.5 Å². The molecule has 2 nitrogen and oxygen atoms in total. The summed E-state index contributed by atoms with van der Waals surface area (Å²) in [7, 11) is 0. The van der Waals surface area contributed by atoms with Gasteiger partial charge in [-0.15, -0.1) is 0 Å². The lowest BCUT2D eigenvalue weighted by molar-refractivity contribution is 0.697. The van der Waals surface area contributed by atoms with Crippen LogP contribution in [0.25, 0.3) is 0 Å². The van der Waals surface area contributed by atoms with Crippen molar-refractivity contribution in [3.05, 3.63) is 41.1 Å². The van der Waals surface area contributed by atoms with Crippen molar-refractivity contribution in [2.24, 2.45) is 0 Å². The molecule has 0 unspecified atom stereocenters. The summed E-state index contributed by atoms with van der Waals surface area (Å²) < 4.78 is 2.04. The summed E-state index contributed by atoms with van der Waals surface area (Å²) >= 11 is 1.74. The van der Waals surface area contributed by atoms with E-state index >= 15 is 0 Å². The minimum absolute atomic E-state index is 0.993. The Bertz CT molecular complexity index is 276. The lowest BCUT2D eigenvalue weighted by Gasteiger charge is -1.98. The Morgan fingerprint density at radius 3 is 3.25 bits per heavy atom. The highest BCUT2D eigenvalue weighted by Gasteiger charge is 1.93. The maximum absolute atomic E-state index is 3.86. The van der Waals surface area contributed by atoms with Crippen molar-refractivity contribution in [2.45, 2.75) is 13.0 Å². The second kappa shape index (κ2) is 3.54. The number of hydrogen-bond acceptors (Lipinski definition) is 2. The Hall–Kier alpha value is -1.09. The highest BCUT2D eigenvalue weighted by Crippen LogP contribution is 2.07. The van der Waals surface area contributed by atoms with E-state index < -0.39 is 0 Å². The molecule has 2 heterocycles. The van der Waals surface area contributed by atoms with Gasteiger partial charge in [0.25, 0.3) is 0 Å². The fourth-order valence-corrected chi connectivity index (χ4v) is 1.77. The molecule has 0 N–H and O–H groups in total. The third-order valence-electron chi connectivity index (χ3n) is 1.74. The van der Waals surface area contributed by atoms with E-state index in [1.165, 1.54) is 5.56 Å². The van der Waals surface area contributed by atoms with Crippen molar-refractivity contribution in [1.82, 2.24) is 9.55 Å². The van der Waals surface area contributed by atoms with E-state index in [1.54, 1.807) is 17.7 Å². The first kappa shape index (κ1) is 7.55. The number of nitrogens with zero attached hydrogens (tertiary/aromatic N) is 2. The van der Waals surface area contributed by atoms with E-state index in [4.69, 9.17) is 0 Å². The first-order valence-electron chi connectivity index (χ1n) is 3.84. The lowest BCUT2D eigenvalue weighted by Crippen LogP contribution is -1.96. The van der Waals surface area contributed by atoms with Crippen LogP contribution >= 0.6 is 11.3 Å². The van der Waals surface area contributed by atoms with Crippen LogP contribution in [-0.2, 0) is 13.0 Å². The van der Waals surface area contributed by atoms with Crippen LogP contribution in [0.3, 0.4) is 0 Å². The summed E-state index contributed by atoms with van der Waals surface area (Å²) in [5.74, 6) is 0. The number of thiophene rings is 1. The van der Waals surface area contributed by atoms with E-state index in [0.29, 0.717) is 0 Å². The first-order valence-corrected chi connectivity index (χ1v) is 4.78. The molecule has 2 aromatic heterocycles. The van der Waals surface area contributed by atoms with Crippen LogP contribution in [0.4, 0.5) is 0 Å². The molecule has 12 heavy (non-hydrogen) atoms. The molecule has 61 valence electrons. The summed E-state index contributed by atoms with van der Waals surface area (Å²) in [5.41, 5.74) is 1.40. The number of imidazole rings is 1. The van der Waals surface area contributed by atoms with E-state index in [1.807, 2.05) is 10.8 Å². The first-order chi connectivity index (χ1) is 5.95. The van der Waals surface area contributed by atoms with E-state index in [0.717, 1.165) is 13.0 Å². The fourth-order valence-electron chi connectivity index (χ4n) is 1.06. The van der Waals surface area contributed by atoms with E-state index in [-0.39, 0.29) is 0 Å². The Balaban J connectivity index is 1.91. The van der Waals surface area contributed by atoms with Crippen molar-refractivity contribution in [2.75, 3.05) is 0 Å². The van der Waals surface area contributed by atoms with E-state index in [2.05, 4.69) is 28.0 Å². The zero-order chi connectivity index (χ0) is 8.23. The summed E-state index contributed by atoms with van der Waals surface area (Å²) in [5, 5.41) is 4.29. The van der Waals surface area contributed by atoms with Crippen LogP contribution in [0, 0.1) is 6.20 Å². The molecule has 0 saturated heterocycles. The van der Waals surface area contributed by atoms with Crippen LogP contribution < -0.4 is 0 Å². The predicted octanol–water partition coefficient (Wildman–Crippen LogP) is 1.99. The third-order valence-corrected chi connectivity index (χ3v) is 2.47. The number of hydrogen-bond donors (Lipinski definition) is 0. The Morgan fingerprint density at radius 2 is 2.58 bits per heavy atom. The molecular formula is C9H9N2S. The van der Waals surface area contributed by atoms with Gasteiger partial charge >= 0.3 is 0 Å². The van der Waals surface area contributed by atoms with Gasteiger partial charge in [0, 0.05) is 12.7 Å². The Morgan fingerprint density at radius 1 is 1.58 bits per heavy atom. The molecule has 3 heteroatoms. The van der Waals surface area contributed by atoms with Gasteiger partial charge < -0.3 is 4.57 Å². The number of aromatic nitrogens is 2. The maximum Gasteiger partial charge on any atom is 0.108 e. The summed E-state index contributed by atoms with van der Waals surface area (Å²) in [6.07, 6.45) is 7.52. The minimum atomic E-state index is 0.993. The number of aryl methyl sites for hydroxylation is 2. The van der Waals surface area contributed by atoms with Crippen LogP contribution in [0.5, 0.6) is 0 Å². The summed E-state index contributed by atoms with van der Waals surface area (Å²) in [4.78, 5) is 3.86. The van der Waals surface area contributed by atoms with Crippen LogP contribution in [0.2, 0.25) is 0 Å². The SMILES string of the molecule is [c]1cn(CCc2ccsc2)cn1. The van der Waals surface area contributed by atoms with Gasteiger partial charge in [0.05, 0.1) is 6.33 Å². The van der Waals surface area contributed by atoms with Gasteiger partial charge in [-0.2, -0.15) is 11.3 Å². The molecule has 0 atom stereocenters. The highest BCUT2D eigenvalue weighted by molar-refractivity contribution is 7.07. The van der Waals surface area contributed by atoms with Gasteiger partial charge in [0.1, 0.15) is 6.20 Å². The zero-order valence-corrected chi connectivity index (χ0v) is 7.42. The largest absolute Gasteiger partial charge is 0.336 e. The molecule has 2 rings (SSSR count). The molecule has 0 spiro atoms.